The molecule has 0 saturated heterocycles. The van der Waals surface area contributed by atoms with E-state index in [0.717, 1.165) is 6.54 Å². The van der Waals surface area contributed by atoms with Crippen molar-refractivity contribution >= 4 is 5.69 Å². The van der Waals surface area contributed by atoms with Gasteiger partial charge in [-0.2, -0.15) is 0 Å². The van der Waals surface area contributed by atoms with Crippen molar-refractivity contribution in [2.45, 2.75) is 19.4 Å². The second-order valence-corrected chi connectivity index (χ2v) is 4.78. The molecule has 0 atom stereocenters. The Kier molecular flexibility index (Phi) is 4.78. The zero-order chi connectivity index (χ0) is 12.9. The van der Waals surface area contributed by atoms with Crippen LogP contribution in [-0.2, 0) is 0 Å². The quantitative estimate of drug-likeness (QED) is 0.734. The Morgan fingerprint density at radius 3 is 2.59 bits per heavy atom. The van der Waals surface area contributed by atoms with Crippen molar-refractivity contribution in [3.63, 3.8) is 0 Å². The molecule has 0 aliphatic rings. The first kappa shape index (κ1) is 13.8. The molecule has 0 heterocycles. The Labute approximate surface area is 103 Å². The first-order valence-electron chi connectivity index (χ1n) is 5.77. The number of aliphatic hydroxyl groups is 1. The van der Waals surface area contributed by atoms with Crippen LogP contribution in [0.1, 0.15) is 13.8 Å². The Balaban J connectivity index is 2.41. The Bertz CT molecular complexity index is 353. The predicted octanol–water partition coefficient (Wildman–Crippen LogP) is 1.35. The molecule has 1 rings (SSSR count). The van der Waals surface area contributed by atoms with Gasteiger partial charge in [0.25, 0.3) is 0 Å². The van der Waals surface area contributed by atoms with E-state index >= 15 is 0 Å². The van der Waals surface area contributed by atoms with E-state index in [4.69, 9.17) is 10.5 Å². The lowest BCUT2D eigenvalue weighted by Gasteiger charge is -2.33. The highest BCUT2D eigenvalue weighted by atomic mass is 16.5. The molecule has 0 fully saturated rings. The number of hydrogen-bond acceptors (Lipinski definition) is 4. The van der Waals surface area contributed by atoms with Gasteiger partial charge in [-0.15, -0.1) is 0 Å². The number of rotatable bonds is 6. The van der Waals surface area contributed by atoms with E-state index in [2.05, 4.69) is 4.90 Å². The first-order valence-corrected chi connectivity index (χ1v) is 5.77. The van der Waals surface area contributed by atoms with Gasteiger partial charge in [-0.3, -0.25) is 4.90 Å². The topological polar surface area (TPSA) is 58.7 Å². The van der Waals surface area contributed by atoms with Gasteiger partial charge in [0, 0.05) is 12.1 Å². The minimum Gasteiger partial charge on any atom is -0.490 e. The molecule has 0 aliphatic heterocycles. The number of likely N-dealkylation sites (N-methyl/N-ethyl adjacent to an activating group) is 1. The summed E-state index contributed by atoms with van der Waals surface area (Å²) in [5.74, 6) is 0.711. The van der Waals surface area contributed by atoms with E-state index in [9.17, 15) is 5.11 Å². The van der Waals surface area contributed by atoms with Crippen LogP contribution in [0.2, 0.25) is 0 Å². The average molecular weight is 238 g/mol. The monoisotopic (exact) mass is 238 g/mol. The van der Waals surface area contributed by atoms with E-state index in [1.54, 1.807) is 0 Å². The van der Waals surface area contributed by atoms with E-state index < -0.39 is 0 Å². The Morgan fingerprint density at radius 1 is 1.35 bits per heavy atom. The van der Waals surface area contributed by atoms with Crippen LogP contribution in [0.4, 0.5) is 5.69 Å². The fraction of sp³-hybridized carbons (Fsp3) is 0.538. The van der Waals surface area contributed by atoms with Crippen LogP contribution in [-0.4, -0.2) is 42.4 Å². The molecule has 4 heteroatoms. The third-order valence-electron chi connectivity index (χ3n) is 3.02. The van der Waals surface area contributed by atoms with Gasteiger partial charge in [-0.05, 0) is 33.0 Å². The second-order valence-electron chi connectivity index (χ2n) is 4.78. The van der Waals surface area contributed by atoms with Crippen molar-refractivity contribution in [3.8, 4) is 5.75 Å². The number of anilines is 1. The molecule has 0 spiro atoms. The summed E-state index contributed by atoms with van der Waals surface area (Å²) in [5.41, 5.74) is 6.19. The van der Waals surface area contributed by atoms with Crippen LogP contribution in [0.3, 0.4) is 0 Å². The van der Waals surface area contributed by atoms with Gasteiger partial charge in [0.05, 0.1) is 12.3 Å². The third-order valence-corrected chi connectivity index (χ3v) is 3.02. The Hall–Kier alpha value is -1.26. The standard InChI is InChI=1S/C13H22N2O2/c1-13(2,10-16)15(3)8-9-17-12-7-5-4-6-11(12)14/h4-7,16H,8-10,14H2,1-3H3. The van der Waals surface area contributed by atoms with E-state index in [1.807, 2.05) is 45.2 Å². The highest BCUT2D eigenvalue weighted by molar-refractivity contribution is 5.51. The van der Waals surface area contributed by atoms with Gasteiger partial charge >= 0.3 is 0 Å². The number of benzene rings is 1. The minimum absolute atomic E-state index is 0.122. The van der Waals surface area contributed by atoms with Crippen LogP contribution in [0.25, 0.3) is 0 Å². The normalized spacial score (nSPS) is 11.8. The molecule has 0 bridgehead atoms. The maximum atomic E-state index is 9.22. The maximum absolute atomic E-state index is 9.22. The van der Waals surface area contributed by atoms with Gasteiger partial charge in [-0.1, -0.05) is 12.1 Å². The molecule has 4 nitrogen and oxygen atoms in total. The number of para-hydroxylation sites is 2. The molecule has 17 heavy (non-hydrogen) atoms. The largest absolute Gasteiger partial charge is 0.490 e. The third kappa shape index (κ3) is 3.91. The van der Waals surface area contributed by atoms with Crippen molar-refractivity contribution < 1.29 is 9.84 Å². The predicted molar refractivity (Wildman–Crippen MR) is 70.1 cm³/mol. The summed E-state index contributed by atoms with van der Waals surface area (Å²) in [4.78, 5) is 2.06. The fourth-order valence-electron chi connectivity index (χ4n) is 1.33. The molecule has 3 N–H and O–H groups in total. The summed E-state index contributed by atoms with van der Waals surface area (Å²) in [6.45, 7) is 5.39. The highest BCUT2D eigenvalue weighted by Crippen LogP contribution is 2.19. The van der Waals surface area contributed by atoms with E-state index in [1.165, 1.54) is 0 Å². The van der Waals surface area contributed by atoms with Gasteiger partial charge in [-0.25, -0.2) is 0 Å². The molecule has 0 radical (unpaired) electrons. The number of hydrogen-bond donors (Lipinski definition) is 2. The fourth-order valence-corrected chi connectivity index (χ4v) is 1.33. The summed E-state index contributed by atoms with van der Waals surface area (Å²) in [5, 5.41) is 9.22. The summed E-state index contributed by atoms with van der Waals surface area (Å²) in [7, 11) is 1.97. The molecule has 0 saturated carbocycles. The summed E-state index contributed by atoms with van der Waals surface area (Å²) < 4.78 is 5.60. The SMILES string of the molecule is CN(CCOc1ccccc1N)C(C)(C)CO. The van der Waals surface area contributed by atoms with Gasteiger partial charge in [0.2, 0.25) is 0 Å². The average Bonchev–Trinajstić information content (AvgIpc) is 2.31. The minimum atomic E-state index is -0.231. The van der Waals surface area contributed by atoms with Crippen molar-refractivity contribution in [2.75, 3.05) is 32.5 Å². The molecular weight excluding hydrogens is 216 g/mol. The van der Waals surface area contributed by atoms with Crippen molar-refractivity contribution in [3.05, 3.63) is 24.3 Å². The maximum Gasteiger partial charge on any atom is 0.142 e. The van der Waals surface area contributed by atoms with Crippen LogP contribution in [0, 0.1) is 0 Å². The molecule has 0 aliphatic carbocycles. The molecular formula is C13H22N2O2. The molecule has 1 aromatic rings. The molecule has 0 unspecified atom stereocenters. The zero-order valence-electron chi connectivity index (χ0n) is 10.8. The van der Waals surface area contributed by atoms with Crippen LogP contribution >= 0.6 is 0 Å². The van der Waals surface area contributed by atoms with Crippen molar-refractivity contribution in [1.29, 1.82) is 0 Å². The highest BCUT2D eigenvalue weighted by Gasteiger charge is 2.21. The molecule has 96 valence electrons. The van der Waals surface area contributed by atoms with Gasteiger partial charge < -0.3 is 15.6 Å². The van der Waals surface area contributed by atoms with Crippen LogP contribution < -0.4 is 10.5 Å². The number of nitrogens with zero attached hydrogens (tertiary/aromatic N) is 1. The summed E-state index contributed by atoms with van der Waals surface area (Å²) >= 11 is 0. The molecule has 0 amide bonds. The van der Waals surface area contributed by atoms with Crippen molar-refractivity contribution in [2.24, 2.45) is 0 Å². The lowest BCUT2D eigenvalue weighted by molar-refractivity contribution is 0.0679. The second kappa shape index (κ2) is 5.89. The van der Waals surface area contributed by atoms with Gasteiger partial charge in [0.15, 0.2) is 0 Å². The molecule has 1 aromatic carbocycles. The number of nitrogen functional groups attached to an aromatic ring is 1. The molecule has 0 aromatic heterocycles. The first-order chi connectivity index (χ1) is 7.97. The number of nitrogens with two attached hydrogens (primary N) is 1. The van der Waals surface area contributed by atoms with Crippen molar-refractivity contribution in [1.82, 2.24) is 4.90 Å². The van der Waals surface area contributed by atoms with Crippen LogP contribution in [0.5, 0.6) is 5.75 Å². The Morgan fingerprint density at radius 2 is 2.00 bits per heavy atom. The smallest absolute Gasteiger partial charge is 0.142 e. The summed E-state index contributed by atoms with van der Waals surface area (Å²) in [6, 6.07) is 7.44. The van der Waals surface area contributed by atoms with Gasteiger partial charge in [0.1, 0.15) is 12.4 Å². The number of aliphatic hydroxyl groups excluding tert-OH is 1. The van der Waals surface area contributed by atoms with E-state index in [0.29, 0.717) is 18.0 Å². The van der Waals surface area contributed by atoms with E-state index in [-0.39, 0.29) is 12.1 Å². The lowest BCUT2D eigenvalue weighted by atomic mass is 10.1. The zero-order valence-corrected chi connectivity index (χ0v) is 10.8. The lowest BCUT2D eigenvalue weighted by Crippen LogP contribution is -2.45. The van der Waals surface area contributed by atoms with Crippen LogP contribution in [0.15, 0.2) is 24.3 Å². The number of ether oxygens (including phenoxy) is 1. The summed E-state index contributed by atoms with van der Waals surface area (Å²) in [6.07, 6.45) is 0.